The van der Waals surface area contributed by atoms with Crippen LogP contribution in [-0.4, -0.2) is 20.1 Å². The van der Waals surface area contributed by atoms with E-state index in [1.807, 2.05) is 31.2 Å². The molecule has 0 aromatic heterocycles. The SMILES string of the molecule is CCS(=O)(=O)c1ccccc1C(=O)N[C@@H](C)c1ccccc1Br. The lowest BCUT2D eigenvalue weighted by molar-refractivity contribution is 0.0936. The van der Waals surface area contributed by atoms with Gasteiger partial charge in [-0.1, -0.05) is 53.2 Å². The zero-order valence-corrected chi connectivity index (χ0v) is 15.3. The van der Waals surface area contributed by atoms with Crippen LogP contribution in [0.1, 0.15) is 35.8 Å². The van der Waals surface area contributed by atoms with Gasteiger partial charge < -0.3 is 5.32 Å². The lowest BCUT2D eigenvalue weighted by Gasteiger charge is -2.17. The van der Waals surface area contributed by atoms with Crippen molar-refractivity contribution >= 4 is 31.7 Å². The third-order valence-electron chi connectivity index (χ3n) is 3.57. The van der Waals surface area contributed by atoms with E-state index in [4.69, 9.17) is 0 Å². The van der Waals surface area contributed by atoms with Crippen molar-refractivity contribution in [2.24, 2.45) is 0 Å². The predicted molar refractivity (Wildman–Crippen MR) is 94.2 cm³/mol. The van der Waals surface area contributed by atoms with Crippen molar-refractivity contribution in [2.45, 2.75) is 24.8 Å². The van der Waals surface area contributed by atoms with E-state index in [2.05, 4.69) is 21.2 Å². The Morgan fingerprint density at radius 2 is 1.74 bits per heavy atom. The van der Waals surface area contributed by atoms with Crippen LogP contribution in [-0.2, 0) is 9.84 Å². The highest BCUT2D eigenvalue weighted by Gasteiger charge is 2.22. The molecule has 1 N–H and O–H groups in total. The molecule has 6 heteroatoms. The summed E-state index contributed by atoms with van der Waals surface area (Å²) in [5.41, 5.74) is 1.10. The molecule has 1 atom stereocenters. The number of carbonyl (C=O) groups excluding carboxylic acids is 1. The van der Waals surface area contributed by atoms with E-state index in [1.54, 1.807) is 19.1 Å². The molecule has 0 saturated heterocycles. The van der Waals surface area contributed by atoms with Gasteiger partial charge in [0.05, 0.1) is 22.3 Å². The highest BCUT2D eigenvalue weighted by Crippen LogP contribution is 2.24. The van der Waals surface area contributed by atoms with E-state index in [1.165, 1.54) is 12.1 Å². The zero-order chi connectivity index (χ0) is 17.0. The number of sulfone groups is 1. The van der Waals surface area contributed by atoms with Crippen LogP contribution in [0.15, 0.2) is 57.9 Å². The number of rotatable bonds is 5. The van der Waals surface area contributed by atoms with Gasteiger partial charge in [0.15, 0.2) is 9.84 Å². The van der Waals surface area contributed by atoms with Crippen molar-refractivity contribution in [3.63, 3.8) is 0 Å². The normalized spacial score (nSPS) is 12.7. The molecule has 0 radical (unpaired) electrons. The van der Waals surface area contributed by atoms with E-state index >= 15 is 0 Å². The van der Waals surface area contributed by atoms with Crippen molar-refractivity contribution in [3.8, 4) is 0 Å². The first kappa shape index (κ1) is 17.7. The van der Waals surface area contributed by atoms with Crippen LogP contribution >= 0.6 is 15.9 Å². The molecular formula is C17H18BrNO3S. The van der Waals surface area contributed by atoms with Crippen LogP contribution in [0.2, 0.25) is 0 Å². The second kappa shape index (κ2) is 7.27. The largest absolute Gasteiger partial charge is 0.345 e. The molecule has 2 aromatic carbocycles. The molecule has 0 fully saturated rings. The maximum Gasteiger partial charge on any atom is 0.253 e. The van der Waals surface area contributed by atoms with Crippen LogP contribution in [0.4, 0.5) is 0 Å². The van der Waals surface area contributed by atoms with E-state index in [9.17, 15) is 13.2 Å². The van der Waals surface area contributed by atoms with E-state index in [-0.39, 0.29) is 22.3 Å². The molecule has 0 saturated carbocycles. The topological polar surface area (TPSA) is 63.2 Å². The van der Waals surface area contributed by atoms with Gasteiger partial charge >= 0.3 is 0 Å². The van der Waals surface area contributed by atoms with Crippen molar-refractivity contribution in [2.75, 3.05) is 5.75 Å². The fourth-order valence-electron chi connectivity index (χ4n) is 2.26. The first-order valence-corrected chi connectivity index (χ1v) is 9.68. The van der Waals surface area contributed by atoms with Crippen molar-refractivity contribution < 1.29 is 13.2 Å². The predicted octanol–water partition coefficient (Wildman–Crippen LogP) is 3.73. The molecule has 0 aliphatic heterocycles. The Hall–Kier alpha value is -1.66. The monoisotopic (exact) mass is 395 g/mol. The first-order chi connectivity index (χ1) is 10.9. The average Bonchev–Trinajstić information content (AvgIpc) is 2.55. The molecular weight excluding hydrogens is 378 g/mol. The summed E-state index contributed by atoms with van der Waals surface area (Å²) in [6, 6.07) is 13.6. The van der Waals surface area contributed by atoms with Crippen LogP contribution in [0.3, 0.4) is 0 Å². The number of nitrogens with one attached hydrogen (secondary N) is 1. The van der Waals surface area contributed by atoms with Crippen LogP contribution in [0.25, 0.3) is 0 Å². The third kappa shape index (κ3) is 4.00. The number of benzene rings is 2. The molecule has 4 nitrogen and oxygen atoms in total. The smallest absolute Gasteiger partial charge is 0.253 e. The summed E-state index contributed by atoms with van der Waals surface area (Å²) in [4.78, 5) is 12.6. The minimum absolute atomic E-state index is 0.0446. The fourth-order valence-corrected chi connectivity index (χ4v) is 3.98. The van der Waals surface area contributed by atoms with Gasteiger partial charge in [-0.15, -0.1) is 0 Å². The molecule has 2 aromatic rings. The van der Waals surface area contributed by atoms with Crippen LogP contribution in [0.5, 0.6) is 0 Å². The van der Waals surface area contributed by atoms with Crippen LogP contribution in [0, 0.1) is 0 Å². The number of hydrogen-bond acceptors (Lipinski definition) is 3. The summed E-state index contributed by atoms with van der Waals surface area (Å²) in [6.45, 7) is 3.42. The van der Waals surface area contributed by atoms with Gasteiger partial charge in [0.2, 0.25) is 0 Å². The third-order valence-corrected chi connectivity index (χ3v) is 6.07. The number of carbonyl (C=O) groups is 1. The lowest BCUT2D eigenvalue weighted by Crippen LogP contribution is -2.28. The Kier molecular flexibility index (Phi) is 5.59. The van der Waals surface area contributed by atoms with Gasteiger partial charge in [-0.2, -0.15) is 0 Å². The molecule has 122 valence electrons. The quantitative estimate of drug-likeness (QED) is 0.838. The van der Waals surface area contributed by atoms with Gasteiger partial charge in [0.25, 0.3) is 5.91 Å². The second-order valence-corrected chi connectivity index (χ2v) is 8.22. The van der Waals surface area contributed by atoms with Crippen molar-refractivity contribution in [3.05, 3.63) is 64.1 Å². The molecule has 2 rings (SSSR count). The Labute approximate surface area is 145 Å². The van der Waals surface area contributed by atoms with Gasteiger partial charge in [-0.3, -0.25) is 4.79 Å². The number of halogens is 1. The highest BCUT2D eigenvalue weighted by molar-refractivity contribution is 9.10. The van der Waals surface area contributed by atoms with E-state index in [0.29, 0.717) is 0 Å². The second-order valence-electron chi connectivity index (χ2n) is 5.12. The Bertz CT molecular complexity index is 818. The number of amides is 1. The van der Waals surface area contributed by atoms with E-state index < -0.39 is 15.7 Å². The van der Waals surface area contributed by atoms with Gasteiger partial charge in [0, 0.05) is 4.47 Å². The molecule has 23 heavy (non-hydrogen) atoms. The summed E-state index contributed by atoms with van der Waals surface area (Å²) in [7, 11) is -3.45. The Balaban J connectivity index is 2.31. The summed E-state index contributed by atoms with van der Waals surface area (Å²) in [6.07, 6.45) is 0. The lowest BCUT2D eigenvalue weighted by atomic mass is 10.1. The molecule has 0 heterocycles. The first-order valence-electron chi connectivity index (χ1n) is 7.24. The fraction of sp³-hybridized carbons (Fsp3) is 0.235. The average molecular weight is 396 g/mol. The molecule has 0 spiro atoms. The van der Waals surface area contributed by atoms with Crippen molar-refractivity contribution in [1.82, 2.24) is 5.32 Å². The zero-order valence-electron chi connectivity index (χ0n) is 12.9. The summed E-state index contributed by atoms with van der Waals surface area (Å²) >= 11 is 3.45. The Morgan fingerprint density at radius 3 is 2.39 bits per heavy atom. The van der Waals surface area contributed by atoms with E-state index in [0.717, 1.165) is 10.0 Å². The number of hydrogen-bond donors (Lipinski definition) is 1. The maximum absolute atomic E-state index is 12.5. The standard InChI is InChI=1S/C17H18BrNO3S/c1-3-23(21,22)16-11-7-5-9-14(16)17(20)19-12(2)13-8-4-6-10-15(13)18/h4-12H,3H2,1-2H3,(H,19,20)/t12-/m0/s1. The molecule has 0 unspecified atom stereocenters. The summed E-state index contributed by atoms with van der Waals surface area (Å²) < 4.78 is 25.2. The van der Waals surface area contributed by atoms with Gasteiger partial charge in [-0.05, 0) is 30.7 Å². The van der Waals surface area contributed by atoms with Crippen molar-refractivity contribution in [1.29, 1.82) is 0 Å². The molecule has 0 aliphatic carbocycles. The summed E-state index contributed by atoms with van der Waals surface area (Å²) in [5.74, 6) is -0.447. The molecule has 0 bridgehead atoms. The van der Waals surface area contributed by atoms with Crippen LogP contribution < -0.4 is 5.32 Å². The van der Waals surface area contributed by atoms with Gasteiger partial charge in [-0.25, -0.2) is 8.42 Å². The Morgan fingerprint density at radius 1 is 1.13 bits per heavy atom. The maximum atomic E-state index is 12.5. The summed E-state index contributed by atoms with van der Waals surface area (Å²) in [5, 5.41) is 2.86. The minimum Gasteiger partial charge on any atom is -0.345 e. The van der Waals surface area contributed by atoms with Gasteiger partial charge in [0.1, 0.15) is 0 Å². The highest BCUT2D eigenvalue weighted by atomic mass is 79.9. The molecule has 1 amide bonds. The molecule has 0 aliphatic rings. The minimum atomic E-state index is -3.45.